The summed E-state index contributed by atoms with van der Waals surface area (Å²) in [5.74, 6) is -0.354. The van der Waals surface area contributed by atoms with Crippen LogP contribution in [-0.2, 0) is 9.59 Å². The Kier molecular flexibility index (Phi) is 6.01. The van der Waals surface area contributed by atoms with Crippen molar-refractivity contribution < 1.29 is 23.7 Å². The monoisotopic (exact) mass is 463 g/mol. The number of carbonyl (C=O) groups is 2. The van der Waals surface area contributed by atoms with Crippen molar-refractivity contribution in [2.75, 3.05) is 11.5 Å². The molecule has 0 unspecified atom stereocenters. The predicted molar refractivity (Wildman–Crippen MR) is 125 cm³/mol. The Labute approximate surface area is 193 Å². The van der Waals surface area contributed by atoms with E-state index in [1.165, 1.54) is 29.2 Å². The maximum Gasteiger partial charge on any atom is 0.280 e. The highest BCUT2D eigenvalue weighted by Crippen LogP contribution is 2.32. The number of rotatable bonds is 6. The fourth-order valence-electron chi connectivity index (χ4n) is 3.33. The van der Waals surface area contributed by atoms with Crippen molar-refractivity contribution in [2.24, 2.45) is 0 Å². The number of hydrogen-bond acceptors (Lipinski definition) is 7. The number of nitro benzene ring substituents is 1. The van der Waals surface area contributed by atoms with E-state index in [9.17, 15) is 19.7 Å². The van der Waals surface area contributed by atoms with Gasteiger partial charge >= 0.3 is 0 Å². The molecule has 1 N–H and O–H groups in total. The van der Waals surface area contributed by atoms with Crippen LogP contribution in [0.1, 0.15) is 12.7 Å². The molecule has 4 rings (SSSR count). The molecule has 0 saturated carbocycles. The van der Waals surface area contributed by atoms with Crippen LogP contribution in [-0.4, -0.2) is 28.5 Å². The van der Waals surface area contributed by atoms with Crippen molar-refractivity contribution >= 4 is 46.6 Å². The zero-order chi connectivity index (χ0) is 23.5. The Morgan fingerprint density at radius 3 is 2.70 bits per heavy atom. The average Bonchev–Trinajstić information content (AvgIpc) is 3.25. The maximum absolute atomic E-state index is 13.2. The quantitative estimate of drug-likeness (QED) is 0.193. The number of nitrogens with zero attached hydrogens (tertiary/aromatic N) is 2. The molecule has 1 saturated heterocycles. The van der Waals surface area contributed by atoms with Crippen LogP contribution in [0.2, 0.25) is 0 Å². The van der Waals surface area contributed by atoms with Crippen LogP contribution >= 0.6 is 12.2 Å². The number of nitrogens with one attached hydrogen (secondary N) is 1. The summed E-state index contributed by atoms with van der Waals surface area (Å²) in [5, 5.41) is 13.7. The Morgan fingerprint density at radius 1 is 1.15 bits per heavy atom. The smallest absolute Gasteiger partial charge is 0.280 e. The minimum Gasteiger partial charge on any atom is -0.494 e. The average molecular weight is 463 g/mol. The molecule has 3 aromatic rings. The van der Waals surface area contributed by atoms with Crippen LogP contribution in [0, 0.1) is 10.1 Å². The predicted octanol–water partition coefficient (Wildman–Crippen LogP) is 4.08. The molecule has 0 bridgehead atoms. The van der Waals surface area contributed by atoms with E-state index >= 15 is 0 Å². The van der Waals surface area contributed by atoms with Gasteiger partial charge in [0.25, 0.3) is 17.5 Å². The molecule has 1 aliphatic rings. The van der Waals surface area contributed by atoms with E-state index in [4.69, 9.17) is 21.4 Å². The summed E-state index contributed by atoms with van der Waals surface area (Å²) in [6, 6.07) is 15.9. The maximum atomic E-state index is 13.2. The second-order valence-corrected chi connectivity index (χ2v) is 7.25. The van der Waals surface area contributed by atoms with E-state index in [2.05, 4.69) is 5.32 Å². The minimum atomic E-state index is -0.675. The molecule has 1 fully saturated rings. The van der Waals surface area contributed by atoms with Gasteiger partial charge in [-0.3, -0.25) is 29.9 Å². The van der Waals surface area contributed by atoms with Crippen molar-refractivity contribution in [3.05, 3.63) is 82.1 Å². The molecular formula is C23H17N3O6S. The summed E-state index contributed by atoms with van der Waals surface area (Å²) in [7, 11) is 0. The van der Waals surface area contributed by atoms with Crippen LogP contribution in [0.15, 0.2) is 70.7 Å². The molecular weight excluding hydrogens is 446 g/mol. The zero-order valence-corrected chi connectivity index (χ0v) is 18.1. The van der Waals surface area contributed by atoms with Gasteiger partial charge in [0, 0.05) is 12.1 Å². The number of anilines is 1. The van der Waals surface area contributed by atoms with E-state index in [-0.39, 0.29) is 33.5 Å². The van der Waals surface area contributed by atoms with Crippen molar-refractivity contribution in [3.8, 4) is 17.1 Å². The topological polar surface area (TPSA) is 115 Å². The van der Waals surface area contributed by atoms with Gasteiger partial charge in [-0.25, -0.2) is 0 Å². The molecule has 0 atom stereocenters. The lowest BCUT2D eigenvalue weighted by Crippen LogP contribution is -2.54. The summed E-state index contributed by atoms with van der Waals surface area (Å²) < 4.78 is 11.2. The van der Waals surface area contributed by atoms with E-state index in [0.717, 1.165) is 0 Å². The lowest BCUT2D eigenvalue weighted by Gasteiger charge is -2.29. The number of furan rings is 1. The molecule has 2 amide bonds. The van der Waals surface area contributed by atoms with Gasteiger partial charge in [0.2, 0.25) is 0 Å². The van der Waals surface area contributed by atoms with Crippen LogP contribution in [0.4, 0.5) is 11.4 Å². The second-order valence-electron chi connectivity index (χ2n) is 6.86. The Morgan fingerprint density at radius 2 is 1.94 bits per heavy atom. The first-order chi connectivity index (χ1) is 15.9. The van der Waals surface area contributed by atoms with Crippen molar-refractivity contribution in [1.82, 2.24) is 5.32 Å². The highest BCUT2D eigenvalue weighted by atomic mass is 32.1. The first kappa shape index (κ1) is 21.9. The van der Waals surface area contributed by atoms with Crippen LogP contribution in [0.25, 0.3) is 17.4 Å². The SMILES string of the molecule is CCOc1cccc(N2C(=O)/C(=C/c3ccc(-c4ccccc4[N+](=O)[O-])o3)C(=O)NC2=S)c1. The first-order valence-electron chi connectivity index (χ1n) is 9.87. The normalized spacial score (nSPS) is 15.0. The van der Waals surface area contributed by atoms with Crippen LogP contribution in [0.5, 0.6) is 5.75 Å². The second kappa shape index (κ2) is 9.05. The standard InChI is InChI=1S/C23H17N3O6S/c1-2-31-15-7-5-6-14(12-15)25-22(28)18(21(27)24-23(25)33)13-16-10-11-20(32-16)17-8-3-4-9-19(17)26(29)30/h3-13H,2H2,1H3,(H,24,27,33)/b18-13+. The van der Waals surface area contributed by atoms with Crippen LogP contribution < -0.4 is 15.0 Å². The number of carbonyl (C=O) groups excluding carboxylic acids is 2. The van der Waals surface area contributed by atoms with Gasteiger partial charge in [0.1, 0.15) is 22.8 Å². The number of hydrogen-bond donors (Lipinski definition) is 1. The van der Waals surface area contributed by atoms with Gasteiger partial charge in [-0.2, -0.15) is 0 Å². The number of nitro groups is 1. The highest BCUT2D eigenvalue weighted by molar-refractivity contribution is 7.80. The molecule has 33 heavy (non-hydrogen) atoms. The lowest BCUT2D eigenvalue weighted by atomic mass is 10.1. The number of benzene rings is 2. The molecule has 1 aliphatic heterocycles. The zero-order valence-electron chi connectivity index (χ0n) is 17.3. The summed E-state index contributed by atoms with van der Waals surface area (Å²) in [6.45, 7) is 2.29. The largest absolute Gasteiger partial charge is 0.494 e. The fraction of sp³-hybridized carbons (Fsp3) is 0.0870. The summed E-state index contributed by atoms with van der Waals surface area (Å²) in [4.78, 5) is 37.7. The van der Waals surface area contributed by atoms with E-state index in [0.29, 0.717) is 18.0 Å². The molecule has 0 radical (unpaired) electrons. The van der Waals surface area contributed by atoms with Gasteiger partial charge in [-0.05, 0) is 55.5 Å². The lowest BCUT2D eigenvalue weighted by molar-refractivity contribution is -0.384. The third-order valence-corrected chi connectivity index (χ3v) is 5.05. The fourth-order valence-corrected chi connectivity index (χ4v) is 3.61. The third-order valence-electron chi connectivity index (χ3n) is 4.77. The van der Waals surface area contributed by atoms with E-state index < -0.39 is 16.7 Å². The Hall–Kier alpha value is -4.31. The molecule has 0 spiro atoms. The first-order valence-corrected chi connectivity index (χ1v) is 10.3. The molecule has 166 valence electrons. The highest BCUT2D eigenvalue weighted by Gasteiger charge is 2.35. The molecule has 9 nitrogen and oxygen atoms in total. The third kappa shape index (κ3) is 4.37. The molecule has 2 aromatic carbocycles. The van der Waals surface area contributed by atoms with E-state index in [1.807, 2.05) is 6.92 Å². The Balaban J connectivity index is 1.68. The number of amides is 2. The Bertz CT molecular complexity index is 1310. The summed E-state index contributed by atoms with van der Waals surface area (Å²) in [5.41, 5.74) is 0.390. The van der Waals surface area contributed by atoms with Gasteiger partial charge < -0.3 is 9.15 Å². The van der Waals surface area contributed by atoms with Gasteiger partial charge in [-0.15, -0.1) is 0 Å². The van der Waals surface area contributed by atoms with Crippen molar-refractivity contribution in [3.63, 3.8) is 0 Å². The molecule has 1 aromatic heterocycles. The van der Waals surface area contributed by atoms with Crippen molar-refractivity contribution in [2.45, 2.75) is 6.92 Å². The van der Waals surface area contributed by atoms with Gasteiger partial charge in [0.15, 0.2) is 5.11 Å². The summed E-state index contributed by atoms with van der Waals surface area (Å²) in [6.07, 6.45) is 1.27. The van der Waals surface area contributed by atoms with Crippen molar-refractivity contribution in [1.29, 1.82) is 0 Å². The number of para-hydroxylation sites is 1. The summed E-state index contributed by atoms with van der Waals surface area (Å²) >= 11 is 5.21. The van der Waals surface area contributed by atoms with Gasteiger partial charge in [0.05, 0.1) is 22.8 Å². The molecule has 2 heterocycles. The number of thiocarbonyl (C=S) groups is 1. The molecule has 0 aliphatic carbocycles. The van der Waals surface area contributed by atoms with Crippen LogP contribution in [0.3, 0.4) is 0 Å². The molecule has 10 heteroatoms. The van der Waals surface area contributed by atoms with Gasteiger partial charge in [-0.1, -0.05) is 18.2 Å². The number of ether oxygens (including phenoxy) is 1. The van der Waals surface area contributed by atoms with E-state index in [1.54, 1.807) is 42.5 Å². The minimum absolute atomic E-state index is 0.0594.